The molecule has 2 aromatic carbocycles. The average molecular weight is 393 g/mol. The fraction of sp³-hybridized carbons (Fsp3) is 0.0769. The first-order valence-electron chi connectivity index (χ1n) is 5.28. The Bertz CT molecular complexity index is 597. The summed E-state index contributed by atoms with van der Waals surface area (Å²) < 4.78 is 33.2. The second kappa shape index (κ2) is 5.88. The molecule has 0 radical (unpaired) electrons. The van der Waals surface area contributed by atoms with Crippen LogP contribution in [0.1, 0.15) is 5.56 Å². The Balaban J connectivity index is 2.21. The third kappa shape index (κ3) is 3.45. The van der Waals surface area contributed by atoms with E-state index >= 15 is 0 Å². The molecule has 0 amide bonds. The van der Waals surface area contributed by atoms with Crippen molar-refractivity contribution in [1.82, 2.24) is 0 Å². The number of ether oxygens (including phenoxy) is 1. The van der Waals surface area contributed by atoms with Crippen molar-refractivity contribution in [2.75, 3.05) is 5.73 Å². The van der Waals surface area contributed by atoms with Crippen LogP contribution in [-0.2, 0) is 6.61 Å². The number of hydrogen-bond acceptors (Lipinski definition) is 2. The molecule has 2 N–H and O–H groups in total. The van der Waals surface area contributed by atoms with E-state index in [-0.39, 0.29) is 18.1 Å². The lowest BCUT2D eigenvalue weighted by atomic mass is 10.2. The number of anilines is 1. The number of benzene rings is 2. The van der Waals surface area contributed by atoms with Gasteiger partial charge in [-0.25, -0.2) is 8.78 Å². The third-order valence-corrected chi connectivity index (χ3v) is 3.50. The zero-order chi connectivity index (χ0) is 14.0. The van der Waals surface area contributed by atoms with Gasteiger partial charge in [-0.1, -0.05) is 15.9 Å². The summed E-state index contributed by atoms with van der Waals surface area (Å²) in [4.78, 5) is 0. The largest absolute Gasteiger partial charge is 0.485 e. The summed E-state index contributed by atoms with van der Waals surface area (Å²) in [6.07, 6.45) is 0. The number of hydrogen-bond donors (Lipinski definition) is 1. The Morgan fingerprint density at radius 2 is 1.84 bits per heavy atom. The molecule has 0 fully saturated rings. The molecule has 0 aliphatic carbocycles. The van der Waals surface area contributed by atoms with E-state index < -0.39 is 5.82 Å². The molecule has 2 nitrogen and oxygen atoms in total. The van der Waals surface area contributed by atoms with E-state index in [1.54, 1.807) is 12.1 Å². The van der Waals surface area contributed by atoms with E-state index in [1.165, 1.54) is 12.1 Å². The van der Waals surface area contributed by atoms with Crippen LogP contribution in [0.3, 0.4) is 0 Å². The highest BCUT2D eigenvalue weighted by Gasteiger charge is 2.10. The first-order valence-corrected chi connectivity index (χ1v) is 6.87. The molecule has 0 heterocycles. The van der Waals surface area contributed by atoms with Gasteiger partial charge in [0, 0.05) is 16.1 Å². The van der Waals surface area contributed by atoms with Gasteiger partial charge < -0.3 is 10.5 Å². The Hall–Kier alpha value is -1.14. The van der Waals surface area contributed by atoms with Crippen LogP contribution in [0.4, 0.5) is 14.5 Å². The van der Waals surface area contributed by atoms with Gasteiger partial charge in [0.15, 0.2) is 5.75 Å². The van der Waals surface area contributed by atoms with Gasteiger partial charge in [-0.15, -0.1) is 0 Å². The maximum atomic E-state index is 13.5. The minimum absolute atomic E-state index is 0.000292. The monoisotopic (exact) mass is 391 g/mol. The highest BCUT2D eigenvalue weighted by Crippen LogP contribution is 2.33. The third-order valence-electron chi connectivity index (χ3n) is 2.42. The number of nitrogen functional groups attached to an aromatic ring is 1. The van der Waals surface area contributed by atoms with Gasteiger partial charge in [0.05, 0.1) is 10.2 Å². The van der Waals surface area contributed by atoms with E-state index in [4.69, 9.17) is 10.5 Å². The van der Waals surface area contributed by atoms with Crippen molar-refractivity contribution in [3.63, 3.8) is 0 Å². The summed E-state index contributed by atoms with van der Waals surface area (Å²) in [5.74, 6) is -0.550. The summed E-state index contributed by atoms with van der Waals surface area (Å²) in [5.41, 5.74) is 6.19. The molecule has 2 aromatic rings. The Kier molecular flexibility index (Phi) is 4.42. The number of halogens is 4. The fourth-order valence-corrected chi connectivity index (χ4v) is 2.51. The van der Waals surface area contributed by atoms with Crippen molar-refractivity contribution >= 4 is 37.5 Å². The van der Waals surface area contributed by atoms with Crippen molar-refractivity contribution in [2.24, 2.45) is 0 Å². The predicted molar refractivity (Wildman–Crippen MR) is 76.9 cm³/mol. The SMILES string of the molecule is Nc1cc(F)cc(Br)c1OCc1cc(Br)ccc1F. The molecule has 6 heteroatoms. The Morgan fingerprint density at radius 1 is 1.11 bits per heavy atom. The lowest BCUT2D eigenvalue weighted by Crippen LogP contribution is -2.02. The van der Waals surface area contributed by atoms with Crippen LogP contribution in [-0.4, -0.2) is 0 Å². The zero-order valence-electron chi connectivity index (χ0n) is 9.59. The highest BCUT2D eigenvalue weighted by molar-refractivity contribution is 9.10. The molecule has 0 aromatic heterocycles. The van der Waals surface area contributed by atoms with Gasteiger partial charge in [0.2, 0.25) is 0 Å². The van der Waals surface area contributed by atoms with Gasteiger partial charge in [-0.2, -0.15) is 0 Å². The van der Waals surface area contributed by atoms with Gasteiger partial charge in [0.1, 0.15) is 18.2 Å². The quantitative estimate of drug-likeness (QED) is 0.771. The van der Waals surface area contributed by atoms with E-state index in [2.05, 4.69) is 31.9 Å². The lowest BCUT2D eigenvalue weighted by Gasteiger charge is -2.11. The van der Waals surface area contributed by atoms with Crippen molar-refractivity contribution in [1.29, 1.82) is 0 Å². The molecule has 0 unspecified atom stereocenters. The van der Waals surface area contributed by atoms with Crippen LogP contribution in [0.5, 0.6) is 5.75 Å². The van der Waals surface area contributed by atoms with Gasteiger partial charge in [0.25, 0.3) is 0 Å². The normalized spacial score (nSPS) is 10.5. The molecule has 0 bridgehead atoms. The molecular weight excluding hydrogens is 384 g/mol. The zero-order valence-corrected chi connectivity index (χ0v) is 12.8. The van der Waals surface area contributed by atoms with Crippen molar-refractivity contribution in [3.05, 3.63) is 56.5 Å². The molecule has 2 rings (SSSR count). The highest BCUT2D eigenvalue weighted by atomic mass is 79.9. The first kappa shape index (κ1) is 14.3. The van der Waals surface area contributed by atoms with Crippen molar-refractivity contribution in [3.8, 4) is 5.75 Å². The Morgan fingerprint density at radius 3 is 2.53 bits per heavy atom. The first-order chi connectivity index (χ1) is 8.97. The van der Waals surface area contributed by atoms with E-state index in [0.29, 0.717) is 15.8 Å². The molecule has 0 spiro atoms. The summed E-state index contributed by atoms with van der Waals surface area (Å²) in [7, 11) is 0. The van der Waals surface area contributed by atoms with Crippen LogP contribution in [0.15, 0.2) is 39.3 Å². The lowest BCUT2D eigenvalue weighted by molar-refractivity contribution is 0.299. The maximum Gasteiger partial charge on any atom is 0.157 e. The van der Waals surface area contributed by atoms with Crippen molar-refractivity contribution < 1.29 is 13.5 Å². The smallest absolute Gasteiger partial charge is 0.157 e. The Labute approximate surface area is 125 Å². The van der Waals surface area contributed by atoms with Crippen LogP contribution in [0, 0.1) is 11.6 Å². The average Bonchev–Trinajstić information content (AvgIpc) is 2.32. The number of nitrogens with two attached hydrogens (primary N) is 1. The summed E-state index contributed by atoms with van der Waals surface area (Å²) >= 11 is 6.41. The molecule has 0 aliphatic rings. The minimum Gasteiger partial charge on any atom is -0.485 e. The van der Waals surface area contributed by atoms with Gasteiger partial charge >= 0.3 is 0 Å². The standard InChI is InChI=1S/C13H9Br2F2NO/c14-8-1-2-11(17)7(3-8)6-19-13-10(15)4-9(16)5-12(13)18/h1-5H,6,18H2. The van der Waals surface area contributed by atoms with E-state index in [0.717, 1.165) is 10.5 Å². The molecule has 0 aliphatic heterocycles. The second-order valence-electron chi connectivity index (χ2n) is 3.83. The molecular formula is C13H9Br2F2NO. The second-order valence-corrected chi connectivity index (χ2v) is 5.60. The predicted octanol–water partition coefficient (Wildman–Crippen LogP) is 4.65. The molecule has 0 saturated heterocycles. The van der Waals surface area contributed by atoms with E-state index in [9.17, 15) is 8.78 Å². The van der Waals surface area contributed by atoms with Gasteiger partial charge in [-0.3, -0.25) is 0 Å². The molecule has 19 heavy (non-hydrogen) atoms. The van der Waals surface area contributed by atoms with E-state index in [1.807, 2.05) is 0 Å². The van der Waals surface area contributed by atoms with Crippen LogP contribution < -0.4 is 10.5 Å². The summed E-state index contributed by atoms with van der Waals surface area (Å²) in [6.45, 7) is -0.000292. The molecule has 0 atom stereocenters. The minimum atomic E-state index is -0.467. The van der Waals surface area contributed by atoms with Crippen LogP contribution in [0.25, 0.3) is 0 Å². The summed E-state index contributed by atoms with van der Waals surface area (Å²) in [6, 6.07) is 6.94. The van der Waals surface area contributed by atoms with Crippen molar-refractivity contribution in [2.45, 2.75) is 6.61 Å². The van der Waals surface area contributed by atoms with Crippen LogP contribution >= 0.6 is 31.9 Å². The molecule has 100 valence electrons. The van der Waals surface area contributed by atoms with Gasteiger partial charge in [-0.05, 0) is 40.2 Å². The van der Waals surface area contributed by atoms with Crippen LogP contribution in [0.2, 0.25) is 0 Å². The number of rotatable bonds is 3. The fourth-order valence-electron chi connectivity index (χ4n) is 1.54. The molecule has 0 saturated carbocycles. The topological polar surface area (TPSA) is 35.2 Å². The summed E-state index contributed by atoms with van der Waals surface area (Å²) in [5, 5.41) is 0. The maximum absolute atomic E-state index is 13.5.